The zero-order valence-electron chi connectivity index (χ0n) is 23.1. The van der Waals surface area contributed by atoms with Crippen LogP contribution in [-0.2, 0) is 71.4 Å². The molecule has 41 heavy (non-hydrogen) atoms. The lowest BCUT2D eigenvalue weighted by Crippen LogP contribution is -2.66. The van der Waals surface area contributed by atoms with E-state index in [0.29, 0.717) is 0 Å². The molecule has 16 nitrogen and oxygen atoms in total. The van der Waals surface area contributed by atoms with E-state index in [9.17, 15) is 33.9 Å². The molecule has 0 amide bonds. The van der Waals surface area contributed by atoms with Gasteiger partial charge in [-0.15, -0.1) is 0 Å². The van der Waals surface area contributed by atoms with Gasteiger partial charge in [-0.25, -0.2) is 0 Å². The molecular weight excluding hydrogens is 671 g/mol. The second-order valence-electron chi connectivity index (χ2n) is 9.04. The lowest BCUT2D eigenvalue weighted by Gasteiger charge is -2.48. The number of hydrogen-bond acceptors (Lipinski definition) is 16. The Morgan fingerprint density at radius 2 is 1.02 bits per heavy atom. The molecule has 0 saturated carbocycles. The predicted octanol–water partition coefficient (Wildman–Crippen LogP) is -0.530. The lowest BCUT2D eigenvalue weighted by atomic mass is 9.96. The number of halogens is 1. The van der Waals surface area contributed by atoms with Crippen molar-refractivity contribution in [2.45, 2.75) is 103 Å². The van der Waals surface area contributed by atoms with Crippen molar-refractivity contribution in [3.05, 3.63) is 0 Å². The Kier molecular flexibility index (Phi) is 13.1. The summed E-state index contributed by atoms with van der Waals surface area (Å²) in [6.07, 6.45) is -14.6. The topological polar surface area (TPSA) is 206 Å². The Bertz CT molecular complexity index is 987. The SMILES string of the molecule is CC(=O)OC[C@H]1O[C@@H](O)[C@H](OC(C)=O)[C@@H](OC(C)=O)[C@@H]1O[C@H]1O[C@H](CI)[C@@H](OC(C)=O)[C@H](OC(C)=O)[C@H]1OC(C)=O. The maximum atomic E-state index is 12.1. The molecule has 0 aromatic heterocycles. The van der Waals surface area contributed by atoms with Crippen molar-refractivity contribution in [2.75, 3.05) is 11.0 Å². The highest BCUT2D eigenvalue weighted by molar-refractivity contribution is 14.1. The molecule has 17 heteroatoms. The van der Waals surface area contributed by atoms with E-state index < -0.39 is 104 Å². The Morgan fingerprint density at radius 1 is 0.585 bits per heavy atom. The third-order valence-electron chi connectivity index (χ3n) is 5.60. The minimum atomic E-state index is -1.84. The largest absolute Gasteiger partial charge is 0.463 e. The van der Waals surface area contributed by atoms with E-state index >= 15 is 0 Å². The summed E-state index contributed by atoms with van der Waals surface area (Å²) in [5.41, 5.74) is 0. The van der Waals surface area contributed by atoms with Gasteiger partial charge in [0, 0.05) is 46.0 Å². The van der Waals surface area contributed by atoms with Gasteiger partial charge < -0.3 is 47.7 Å². The van der Waals surface area contributed by atoms with Crippen LogP contribution >= 0.6 is 22.6 Å². The molecule has 232 valence electrons. The number of esters is 6. The van der Waals surface area contributed by atoms with Crippen LogP contribution in [0.3, 0.4) is 0 Å². The van der Waals surface area contributed by atoms with Crippen molar-refractivity contribution < 1.29 is 76.5 Å². The molecular formula is C24H33IO16. The molecule has 2 fully saturated rings. The average molecular weight is 704 g/mol. The first-order valence-corrected chi connectivity index (χ1v) is 13.9. The standard InChI is InChI=1S/C24H33IO16/c1-9(26)33-8-16-18(19(35-11(3)28)21(23(32)39-16)37-13(5)30)41-24-22(38-14(6)31)20(36-12(4)29)17(34-10(2)27)15(7-25)40-24/h15-24,32H,7-8H2,1-6H3/t15-,16-,17-,18-,19+,20+,21-,22-,23-,24-/m1/s1. The maximum Gasteiger partial charge on any atom is 0.303 e. The van der Waals surface area contributed by atoms with Crippen molar-refractivity contribution in [2.24, 2.45) is 0 Å². The van der Waals surface area contributed by atoms with Crippen LogP contribution in [-0.4, -0.2) is 113 Å². The van der Waals surface area contributed by atoms with Crippen LogP contribution in [0.5, 0.6) is 0 Å². The maximum absolute atomic E-state index is 12.1. The summed E-state index contributed by atoms with van der Waals surface area (Å²) < 4.78 is 49.5. The molecule has 0 spiro atoms. The number of alkyl halides is 1. The molecule has 0 aromatic carbocycles. The number of rotatable bonds is 10. The molecule has 0 aromatic rings. The van der Waals surface area contributed by atoms with Crippen molar-refractivity contribution in [3.8, 4) is 0 Å². The number of aliphatic hydroxyl groups excluding tert-OH is 1. The van der Waals surface area contributed by atoms with E-state index in [-0.39, 0.29) is 4.43 Å². The van der Waals surface area contributed by atoms with E-state index in [4.69, 9.17) is 42.6 Å². The van der Waals surface area contributed by atoms with Crippen LogP contribution in [0.25, 0.3) is 0 Å². The number of carbonyl (C=O) groups is 6. The smallest absolute Gasteiger partial charge is 0.303 e. The number of carbonyl (C=O) groups excluding carboxylic acids is 6. The lowest BCUT2D eigenvalue weighted by molar-refractivity contribution is -0.353. The molecule has 0 radical (unpaired) electrons. The zero-order valence-corrected chi connectivity index (χ0v) is 25.3. The normalized spacial score (nSPS) is 33.1. The molecule has 1 N–H and O–H groups in total. The van der Waals surface area contributed by atoms with Crippen LogP contribution < -0.4 is 0 Å². The second-order valence-corrected chi connectivity index (χ2v) is 9.92. The molecule has 2 heterocycles. The third kappa shape index (κ3) is 10.0. The quantitative estimate of drug-likeness (QED) is 0.131. The van der Waals surface area contributed by atoms with E-state index in [2.05, 4.69) is 0 Å². The summed E-state index contributed by atoms with van der Waals surface area (Å²) in [5.74, 6) is -4.82. The summed E-state index contributed by atoms with van der Waals surface area (Å²) in [7, 11) is 0. The van der Waals surface area contributed by atoms with Crippen molar-refractivity contribution in [1.82, 2.24) is 0 Å². The van der Waals surface area contributed by atoms with Gasteiger partial charge in [0.05, 0.1) is 0 Å². The van der Waals surface area contributed by atoms with Crippen LogP contribution in [0, 0.1) is 0 Å². The summed E-state index contributed by atoms with van der Waals surface area (Å²) in [6, 6.07) is 0. The minimum absolute atomic E-state index is 0.167. The fourth-order valence-corrected chi connectivity index (χ4v) is 4.99. The van der Waals surface area contributed by atoms with Crippen molar-refractivity contribution in [1.29, 1.82) is 0 Å². The van der Waals surface area contributed by atoms with Gasteiger partial charge in [-0.3, -0.25) is 28.8 Å². The van der Waals surface area contributed by atoms with Crippen LogP contribution in [0.1, 0.15) is 41.5 Å². The van der Waals surface area contributed by atoms with Gasteiger partial charge in [-0.1, -0.05) is 22.6 Å². The fourth-order valence-electron chi connectivity index (χ4n) is 4.28. The van der Waals surface area contributed by atoms with Gasteiger partial charge >= 0.3 is 35.8 Å². The molecule has 2 rings (SSSR count). The summed E-state index contributed by atoms with van der Waals surface area (Å²) in [5, 5.41) is 10.6. The average Bonchev–Trinajstić information content (AvgIpc) is 2.83. The highest BCUT2D eigenvalue weighted by Gasteiger charge is 2.56. The van der Waals surface area contributed by atoms with Crippen molar-refractivity contribution in [3.63, 3.8) is 0 Å². The van der Waals surface area contributed by atoms with Crippen LogP contribution in [0.4, 0.5) is 0 Å². The first kappa shape index (κ1) is 34.6. The highest BCUT2D eigenvalue weighted by atomic mass is 127. The predicted molar refractivity (Wildman–Crippen MR) is 138 cm³/mol. The number of ether oxygens (including phenoxy) is 9. The first-order valence-electron chi connectivity index (χ1n) is 12.3. The number of hydrogen-bond donors (Lipinski definition) is 1. The van der Waals surface area contributed by atoms with Gasteiger partial charge in [0.25, 0.3) is 0 Å². The molecule has 0 bridgehead atoms. The Labute approximate surface area is 248 Å². The molecule has 2 saturated heterocycles. The van der Waals surface area contributed by atoms with E-state index in [1.807, 2.05) is 22.6 Å². The Hall–Kier alpha value is -2.61. The molecule has 10 atom stereocenters. The summed E-state index contributed by atoms with van der Waals surface area (Å²) >= 11 is 1.93. The van der Waals surface area contributed by atoms with Gasteiger partial charge in [-0.05, 0) is 0 Å². The fraction of sp³-hybridized carbons (Fsp3) is 0.750. The van der Waals surface area contributed by atoms with Crippen LogP contribution in [0.15, 0.2) is 0 Å². The molecule has 0 aliphatic carbocycles. The van der Waals surface area contributed by atoms with Gasteiger partial charge in [0.15, 0.2) is 43.1 Å². The zero-order chi connectivity index (χ0) is 31.0. The summed E-state index contributed by atoms with van der Waals surface area (Å²) in [4.78, 5) is 71.4. The minimum Gasteiger partial charge on any atom is -0.463 e. The van der Waals surface area contributed by atoms with E-state index in [1.54, 1.807) is 0 Å². The second kappa shape index (κ2) is 15.6. The van der Waals surface area contributed by atoms with E-state index in [0.717, 1.165) is 41.5 Å². The highest BCUT2D eigenvalue weighted by Crippen LogP contribution is 2.35. The van der Waals surface area contributed by atoms with Gasteiger partial charge in [-0.2, -0.15) is 0 Å². The van der Waals surface area contributed by atoms with Crippen LogP contribution in [0.2, 0.25) is 0 Å². The molecule has 0 unspecified atom stereocenters. The summed E-state index contributed by atoms with van der Waals surface area (Å²) in [6.45, 7) is 5.97. The third-order valence-corrected chi connectivity index (χ3v) is 6.47. The first-order chi connectivity index (χ1) is 19.1. The Balaban J connectivity index is 2.60. The Morgan fingerprint density at radius 3 is 1.49 bits per heavy atom. The van der Waals surface area contributed by atoms with Crippen molar-refractivity contribution >= 4 is 58.4 Å². The monoisotopic (exact) mass is 704 g/mol. The van der Waals surface area contributed by atoms with E-state index in [1.165, 1.54) is 0 Å². The molecule has 2 aliphatic heterocycles. The van der Waals surface area contributed by atoms with Gasteiger partial charge in [0.1, 0.15) is 24.9 Å². The van der Waals surface area contributed by atoms with Gasteiger partial charge in [0.2, 0.25) is 0 Å². The number of aliphatic hydroxyl groups is 1. The molecule has 2 aliphatic rings.